The van der Waals surface area contributed by atoms with Gasteiger partial charge in [-0.15, -0.1) is 0 Å². The number of aromatic carboxylic acids is 1. The van der Waals surface area contributed by atoms with Crippen LogP contribution in [0.1, 0.15) is 17.3 Å². The van der Waals surface area contributed by atoms with Gasteiger partial charge in [0.1, 0.15) is 12.2 Å². The molecule has 1 N–H and O–H groups in total. The number of methoxy groups -OCH3 is 1. The predicted molar refractivity (Wildman–Crippen MR) is 67.6 cm³/mol. The first-order chi connectivity index (χ1) is 8.65. The molecule has 2 rings (SSSR count). The Hall–Kier alpha value is -1.75. The van der Waals surface area contributed by atoms with Crippen LogP contribution in [0.5, 0.6) is 5.75 Å². The average Bonchev–Trinajstić information content (AvgIpc) is 2.37. The van der Waals surface area contributed by atoms with E-state index in [9.17, 15) is 4.79 Å². The van der Waals surface area contributed by atoms with Crippen LogP contribution >= 0.6 is 0 Å². The number of anilines is 1. The molecule has 0 radical (unpaired) electrons. The number of nitrogens with zero attached hydrogens (tertiary/aromatic N) is 1. The Bertz CT molecular complexity index is 447. The normalized spacial score (nSPS) is 15.8. The van der Waals surface area contributed by atoms with E-state index in [0.717, 1.165) is 12.2 Å². The van der Waals surface area contributed by atoms with E-state index in [1.54, 1.807) is 19.2 Å². The zero-order chi connectivity index (χ0) is 13.1. The first kappa shape index (κ1) is 12.7. The van der Waals surface area contributed by atoms with Gasteiger partial charge in [-0.25, -0.2) is 4.79 Å². The average molecular weight is 251 g/mol. The van der Waals surface area contributed by atoms with E-state index in [0.29, 0.717) is 19.0 Å². The van der Waals surface area contributed by atoms with Crippen LogP contribution in [-0.2, 0) is 4.74 Å². The monoisotopic (exact) mass is 251 g/mol. The maximum absolute atomic E-state index is 11.2. The maximum Gasteiger partial charge on any atom is 0.339 e. The Morgan fingerprint density at radius 1 is 1.61 bits per heavy atom. The highest BCUT2D eigenvalue weighted by Gasteiger charge is 2.26. The number of para-hydroxylation sites is 1. The second-order valence-electron chi connectivity index (χ2n) is 4.31. The fraction of sp³-hybridized carbons (Fsp3) is 0.462. The second-order valence-corrected chi connectivity index (χ2v) is 4.31. The minimum absolute atomic E-state index is 0.182. The van der Waals surface area contributed by atoms with E-state index in [1.165, 1.54) is 0 Å². The van der Waals surface area contributed by atoms with Crippen molar-refractivity contribution in [2.45, 2.75) is 13.0 Å². The lowest BCUT2D eigenvalue weighted by Gasteiger charge is -2.36. The summed E-state index contributed by atoms with van der Waals surface area (Å²) in [5.41, 5.74) is 1.03. The molecule has 0 aromatic heterocycles. The van der Waals surface area contributed by atoms with Crippen LogP contribution in [0.3, 0.4) is 0 Å². The van der Waals surface area contributed by atoms with Gasteiger partial charge < -0.3 is 19.5 Å². The second kappa shape index (κ2) is 5.27. The largest absolute Gasteiger partial charge is 0.489 e. The van der Waals surface area contributed by atoms with Crippen LogP contribution in [0.15, 0.2) is 18.2 Å². The Morgan fingerprint density at radius 2 is 2.39 bits per heavy atom. The van der Waals surface area contributed by atoms with Crippen molar-refractivity contribution in [1.82, 2.24) is 0 Å². The van der Waals surface area contributed by atoms with E-state index >= 15 is 0 Å². The fourth-order valence-corrected chi connectivity index (χ4v) is 2.23. The van der Waals surface area contributed by atoms with Crippen LogP contribution in [0.2, 0.25) is 0 Å². The summed E-state index contributed by atoms with van der Waals surface area (Å²) in [6.07, 6.45) is 0. The molecule has 5 heteroatoms. The zero-order valence-electron chi connectivity index (χ0n) is 10.5. The number of hydrogen-bond acceptors (Lipinski definition) is 4. The lowest BCUT2D eigenvalue weighted by molar-refractivity contribution is 0.0691. The van der Waals surface area contributed by atoms with Gasteiger partial charge in [-0.1, -0.05) is 6.07 Å². The smallest absolute Gasteiger partial charge is 0.339 e. The highest BCUT2D eigenvalue weighted by atomic mass is 16.5. The van der Waals surface area contributed by atoms with Crippen molar-refractivity contribution in [3.8, 4) is 5.75 Å². The molecule has 1 aliphatic rings. The fourth-order valence-electron chi connectivity index (χ4n) is 2.23. The van der Waals surface area contributed by atoms with Gasteiger partial charge in [0.15, 0.2) is 5.75 Å². The lowest BCUT2D eigenvalue weighted by Crippen LogP contribution is -2.42. The Balaban J connectivity index is 2.38. The topological polar surface area (TPSA) is 59.0 Å². The van der Waals surface area contributed by atoms with Crippen molar-refractivity contribution >= 4 is 11.7 Å². The van der Waals surface area contributed by atoms with Gasteiger partial charge in [0.25, 0.3) is 0 Å². The number of hydrogen-bond donors (Lipinski definition) is 1. The standard InChI is InChI=1S/C13H17NO4/c1-9(8-17-2)14-6-7-18-12-10(13(15)16)4-3-5-11(12)14/h3-5,9H,6-8H2,1-2H3,(H,15,16). The number of carboxylic acids is 1. The molecule has 0 amide bonds. The number of carboxylic acid groups (broad SMARTS) is 1. The third-order valence-electron chi connectivity index (χ3n) is 3.05. The van der Waals surface area contributed by atoms with Gasteiger partial charge in [-0.05, 0) is 19.1 Å². The quantitative estimate of drug-likeness (QED) is 0.881. The SMILES string of the molecule is COCC(C)N1CCOc2c(C(=O)O)cccc21. The summed E-state index contributed by atoms with van der Waals surface area (Å²) < 4.78 is 10.7. The molecule has 1 aromatic carbocycles. The van der Waals surface area contributed by atoms with Crippen LogP contribution < -0.4 is 9.64 Å². The van der Waals surface area contributed by atoms with E-state index < -0.39 is 5.97 Å². The number of benzene rings is 1. The van der Waals surface area contributed by atoms with Gasteiger partial charge in [0.2, 0.25) is 0 Å². The van der Waals surface area contributed by atoms with Gasteiger partial charge in [0.05, 0.1) is 18.8 Å². The van der Waals surface area contributed by atoms with Crippen molar-refractivity contribution in [2.75, 3.05) is 31.8 Å². The van der Waals surface area contributed by atoms with Gasteiger partial charge in [-0.2, -0.15) is 0 Å². The summed E-state index contributed by atoms with van der Waals surface area (Å²) in [7, 11) is 1.66. The Morgan fingerprint density at radius 3 is 3.06 bits per heavy atom. The zero-order valence-corrected chi connectivity index (χ0v) is 10.5. The summed E-state index contributed by atoms with van der Waals surface area (Å²) in [5.74, 6) is -0.507. The summed E-state index contributed by atoms with van der Waals surface area (Å²) in [6.45, 7) is 3.87. The molecule has 0 bridgehead atoms. The number of ether oxygens (including phenoxy) is 2. The van der Waals surface area contributed by atoms with Gasteiger partial charge >= 0.3 is 5.97 Å². The summed E-state index contributed by atoms with van der Waals surface area (Å²) >= 11 is 0. The first-order valence-corrected chi connectivity index (χ1v) is 5.90. The van der Waals surface area contributed by atoms with E-state index in [-0.39, 0.29) is 11.6 Å². The molecule has 0 fully saturated rings. The Labute approximate surface area is 106 Å². The molecule has 0 saturated heterocycles. The first-order valence-electron chi connectivity index (χ1n) is 5.90. The van der Waals surface area contributed by atoms with Crippen molar-refractivity contribution in [3.05, 3.63) is 23.8 Å². The molecule has 98 valence electrons. The molecular formula is C13H17NO4. The van der Waals surface area contributed by atoms with Crippen LogP contribution in [0.25, 0.3) is 0 Å². The third-order valence-corrected chi connectivity index (χ3v) is 3.05. The summed E-state index contributed by atoms with van der Waals surface area (Å²) in [4.78, 5) is 13.3. The lowest BCUT2D eigenvalue weighted by atomic mass is 10.1. The minimum atomic E-state index is -0.965. The highest BCUT2D eigenvalue weighted by molar-refractivity contribution is 5.93. The van der Waals surface area contributed by atoms with Crippen LogP contribution in [0, 0.1) is 0 Å². The summed E-state index contributed by atoms with van der Waals surface area (Å²) in [6, 6.07) is 5.36. The number of rotatable bonds is 4. The van der Waals surface area contributed by atoms with E-state index in [2.05, 4.69) is 4.90 Å². The third kappa shape index (κ3) is 2.26. The number of carbonyl (C=O) groups is 1. The van der Waals surface area contributed by atoms with E-state index in [1.807, 2.05) is 13.0 Å². The molecule has 1 aliphatic heterocycles. The molecule has 0 spiro atoms. The maximum atomic E-state index is 11.2. The van der Waals surface area contributed by atoms with Crippen LogP contribution in [0.4, 0.5) is 5.69 Å². The molecule has 5 nitrogen and oxygen atoms in total. The van der Waals surface area contributed by atoms with Crippen molar-refractivity contribution < 1.29 is 19.4 Å². The van der Waals surface area contributed by atoms with Crippen molar-refractivity contribution in [1.29, 1.82) is 0 Å². The molecule has 1 heterocycles. The molecule has 18 heavy (non-hydrogen) atoms. The molecule has 1 atom stereocenters. The summed E-state index contributed by atoms with van der Waals surface area (Å²) in [5, 5.41) is 9.15. The predicted octanol–water partition coefficient (Wildman–Crippen LogP) is 1.62. The molecule has 0 saturated carbocycles. The number of fused-ring (bicyclic) bond motifs is 1. The van der Waals surface area contributed by atoms with Crippen molar-refractivity contribution in [2.24, 2.45) is 0 Å². The molecule has 1 unspecified atom stereocenters. The van der Waals surface area contributed by atoms with E-state index in [4.69, 9.17) is 14.6 Å². The molecule has 0 aliphatic carbocycles. The van der Waals surface area contributed by atoms with Crippen LogP contribution in [-0.4, -0.2) is 44.0 Å². The molecular weight excluding hydrogens is 234 g/mol. The molecule has 1 aromatic rings. The van der Waals surface area contributed by atoms with Gasteiger partial charge in [0, 0.05) is 13.2 Å². The highest BCUT2D eigenvalue weighted by Crippen LogP contribution is 2.35. The van der Waals surface area contributed by atoms with Gasteiger partial charge in [-0.3, -0.25) is 0 Å². The minimum Gasteiger partial charge on any atom is -0.489 e. The Kier molecular flexibility index (Phi) is 3.72. The van der Waals surface area contributed by atoms with Crippen molar-refractivity contribution in [3.63, 3.8) is 0 Å².